The molecule has 0 bridgehead atoms. The zero-order valence-electron chi connectivity index (χ0n) is 13.2. The number of hydrogen-bond acceptors (Lipinski definition) is 2. The van der Waals surface area contributed by atoms with Crippen molar-refractivity contribution in [2.75, 3.05) is 25.0 Å². The van der Waals surface area contributed by atoms with Gasteiger partial charge in [0.15, 0.2) is 6.54 Å². The first-order valence-corrected chi connectivity index (χ1v) is 8.20. The number of nitrogens with two attached hydrogens (primary N) is 1. The molecule has 0 unspecified atom stereocenters. The second-order valence-electron chi connectivity index (χ2n) is 5.82. The number of para-hydroxylation sites is 1. The van der Waals surface area contributed by atoms with Gasteiger partial charge in [-0.2, -0.15) is 0 Å². The van der Waals surface area contributed by atoms with Crippen LogP contribution in [0.15, 0.2) is 54.6 Å². The number of nitrogens with one attached hydrogen (secondary N) is 1. The van der Waals surface area contributed by atoms with Crippen molar-refractivity contribution in [3.8, 4) is 11.1 Å². The minimum atomic E-state index is 0.0198. The molecule has 1 amide bonds. The van der Waals surface area contributed by atoms with Gasteiger partial charge < -0.3 is 15.4 Å². The zero-order chi connectivity index (χ0) is 15.9. The summed E-state index contributed by atoms with van der Waals surface area (Å²) in [5, 5.41) is 5.05. The van der Waals surface area contributed by atoms with E-state index >= 15 is 0 Å². The van der Waals surface area contributed by atoms with Gasteiger partial charge in [0.25, 0.3) is 5.91 Å². The van der Waals surface area contributed by atoms with Gasteiger partial charge in [-0.3, -0.25) is 4.79 Å². The molecule has 1 aliphatic heterocycles. The van der Waals surface area contributed by atoms with Crippen molar-refractivity contribution in [2.45, 2.75) is 18.9 Å². The van der Waals surface area contributed by atoms with Gasteiger partial charge in [0, 0.05) is 17.9 Å². The molecule has 0 aliphatic carbocycles. The maximum absolute atomic E-state index is 12.2. The van der Waals surface area contributed by atoms with Gasteiger partial charge in [-0.25, -0.2) is 0 Å². The fourth-order valence-corrected chi connectivity index (χ4v) is 2.89. The predicted octanol–water partition coefficient (Wildman–Crippen LogP) is 2.03. The van der Waals surface area contributed by atoms with E-state index in [-0.39, 0.29) is 5.91 Å². The Bertz CT molecular complexity index is 637. The van der Waals surface area contributed by atoms with Crippen molar-refractivity contribution >= 4 is 11.6 Å². The predicted molar refractivity (Wildman–Crippen MR) is 91.1 cm³/mol. The summed E-state index contributed by atoms with van der Waals surface area (Å²) in [6.45, 7) is 2.13. The summed E-state index contributed by atoms with van der Waals surface area (Å²) in [5.74, 6) is 0.0198. The SMILES string of the molecule is O=C(C[NH2+]C[C@@H]1CCCO1)Nc1ccccc1-c1ccccc1. The molecule has 120 valence electrons. The third-order valence-electron chi connectivity index (χ3n) is 4.07. The zero-order valence-corrected chi connectivity index (χ0v) is 13.2. The molecule has 0 saturated carbocycles. The largest absolute Gasteiger partial charge is 0.372 e. The van der Waals surface area contributed by atoms with Crippen LogP contribution in [0.5, 0.6) is 0 Å². The Balaban J connectivity index is 1.58. The number of amides is 1. The van der Waals surface area contributed by atoms with Crippen molar-refractivity contribution in [3.63, 3.8) is 0 Å². The molecule has 0 radical (unpaired) electrons. The number of anilines is 1. The Hall–Kier alpha value is -2.17. The average molecular weight is 311 g/mol. The van der Waals surface area contributed by atoms with Gasteiger partial charge in [-0.15, -0.1) is 0 Å². The molecule has 1 atom stereocenters. The molecule has 3 N–H and O–H groups in total. The van der Waals surface area contributed by atoms with E-state index in [1.165, 1.54) is 0 Å². The third kappa shape index (κ3) is 4.41. The first-order chi connectivity index (χ1) is 11.3. The standard InChI is InChI=1S/C19H22N2O2/c22-19(14-20-13-16-9-6-12-23-16)21-18-11-5-4-10-17(18)15-7-2-1-3-8-15/h1-5,7-8,10-11,16,20H,6,9,12-14H2,(H,21,22)/p+1/t16-/m0/s1. The Morgan fingerprint density at radius 3 is 2.70 bits per heavy atom. The van der Waals surface area contributed by atoms with E-state index in [1.807, 2.05) is 47.8 Å². The molecule has 0 aromatic heterocycles. The van der Waals surface area contributed by atoms with Crippen LogP contribution in [-0.4, -0.2) is 31.7 Å². The fourth-order valence-electron chi connectivity index (χ4n) is 2.89. The molecule has 2 aromatic carbocycles. The number of carbonyl (C=O) groups excluding carboxylic acids is 1. The lowest BCUT2D eigenvalue weighted by atomic mass is 10.0. The van der Waals surface area contributed by atoms with Crippen molar-refractivity contribution < 1.29 is 14.8 Å². The third-order valence-corrected chi connectivity index (χ3v) is 4.07. The van der Waals surface area contributed by atoms with E-state index in [1.54, 1.807) is 0 Å². The smallest absolute Gasteiger partial charge is 0.279 e. The number of quaternary nitrogens is 1. The maximum Gasteiger partial charge on any atom is 0.279 e. The summed E-state index contributed by atoms with van der Waals surface area (Å²) in [6, 6.07) is 18.0. The topological polar surface area (TPSA) is 54.9 Å². The summed E-state index contributed by atoms with van der Waals surface area (Å²) in [6.07, 6.45) is 2.55. The minimum Gasteiger partial charge on any atom is -0.372 e. The highest BCUT2D eigenvalue weighted by Gasteiger charge is 2.17. The fraction of sp³-hybridized carbons (Fsp3) is 0.316. The molecule has 1 fully saturated rings. The Morgan fingerprint density at radius 2 is 1.91 bits per heavy atom. The van der Waals surface area contributed by atoms with Crippen molar-refractivity contribution in [1.82, 2.24) is 0 Å². The molecule has 1 heterocycles. The normalized spacial score (nSPS) is 17.1. The molecule has 3 rings (SSSR count). The number of benzene rings is 2. The van der Waals surface area contributed by atoms with Crippen LogP contribution in [0.4, 0.5) is 5.69 Å². The van der Waals surface area contributed by atoms with E-state index in [0.29, 0.717) is 12.6 Å². The first kappa shape index (κ1) is 15.7. The van der Waals surface area contributed by atoms with Gasteiger partial charge in [0.2, 0.25) is 0 Å². The number of rotatable bonds is 6. The van der Waals surface area contributed by atoms with Crippen LogP contribution >= 0.6 is 0 Å². The van der Waals surface area contributed by atoms with Crippen LogP contribution < -0.4 is 10.6 Å². The van der Waals surface area contributed by atoms with E-state index in [0.717, 1.165) is 42.8 Å². The lowest BCUT2D eigenvalue weighted by Crippen LogP contribution is -2.88. The van der Waals surface area contributed by atoms with E-state index in [9.17, 15) is 4.79 Å². The van der Waals surface area contributed by atoms with Gasteiger partial charge in [0.1, 0.15) is 12.6 Å². The molecule has 2 aromatic rings. The summed E-state index contributed by atoms with van der Waals surface area (Å²) >= 11 is 0. The molecule has 23 heavy (non-hydrogen) atoms. The second-order valence-corrected chi connectivity index (χ2v) is 5.82. The van der Waals surface area contributed by atoms with Crippen LogP contribution in [0.3, 0.4) is 0 Å². The quantitative estimate of drug-likeness (QED) is 0.858. The molecular formula is C19H23N2O2+. The molecule has 4 nitrogen and oxygen atoms in total. The lowest BCUT2D eigenvalue weighted by molar-refractivity contribution is -0.649. The number of carbonyl (C=O) groups is 1. The minimum absolute atomic E-state index is 0.0198. The Morgan fingerprint density at radius 1 is 1.13 bits per heavy atom. The lowest BCUT2D eigenvalue weighted by Gasteiger charge is -2.11. The van der Waals surface area contributed by atoms with Gasteiger partial charge >= 0.3 is 0 Å². The van der Waals surface area contributed by atoms with E-state index < -0.39 is 0 Å². The summed E-state index contributed by atoms with van der Waals surface area (Å²) in [7, 11) is 0. The van der Waals surface area contributed by atoms with Crippen molar-refractivity contribution in [2.24, 2.45) is 0 Å². The van der Waals surface area contributed by atoms with Crippen LogP contribution in [0, 0.1) is 0 Å². The number of hydrogen-bond donors (Lipinski definition) is 2. The molecule has 0 spiro atoms. The molecule has 4 heteroatoms. The Labute approximate surface area is 136 Å². The van der Waals surface area contributed by atoms with E-state index in [2.05, 4.69) is 17.4 Å². The summed E-state index contributed by atoms with van der Waals surface area (Å²) in [5.41, 5.74) is 3.00. The van der Waals surface area contributed by atoms with Crippen LogP contribution in [0.2, 0.25) is 0 Å². The van der Waals surface area contributed by atoms with Gasteiger partial charge in [0.05, 0.1) is 0 Å². The van der Waals surface area contributed by atoms with Crippen molar-refractivity contribution in [1.29, 1.82) is 0 Å². The van der Waals surface area contributed by atoms with Crippen LogP contribution in [0.25, 0.3) is 11.1 Å². The van der Waals surface area contributed by atoms with Crippen LogP contribution in [0.1, 0.15) is 12.8 Å². The van der Waals surface area contributed by atoms with Crippen molar-refractivity contribution in [3.05, 3.63) is 54.6 Å². The molecule has 1 aliphatic rings. The summed E-state index contributed by atoms with van der Waals surface area (Å²) < 4.78 is 5.57. The average Bonchev–Trinajstić information content (AvgIpc) is 3.09. The van der Waals surface area contributed by atoms with E-state index in [4.69, 9.17) is 4.74 Å². The highest BCUT2D eigenvalue weighted by molar-refractivity contribution is 5.95. The molecule has 1 saturated heterocycles. The van der Waals surface area contributed by atoms with Gasteiger partial charge in [-0.05, 0) is 24.5 Å². The first-order valence-electron chi connectivity index (χ1n) is 8.20. The van der Waals surface area contributed by atoms with Gasteiger partial charge in [-0.1, -0.05) is 48.5 Å². The number of ether oxygens (including phenoxy) is 1. The highest BCUT2D eigenvalue weighted by Crippen LogP contribution is 2.27. The monoisotopic (exact) mass is 311 g/mol. The Kier molecular flexibility index (Phi) is 5.40. The van der Waals surface area contributed by atoms with Crippen LogP contribution in [-0.2, 0) is 9.53 Å². The maximum atomic E-state index is 12.2. The molecular weight excluding hydrogens is 288 g/mol. The highest BCUT2D eigenvalue weighted by atomic mass is 16.5. The second kappa shape index (κ2) is 7.90. The summed E-state index contributed by atoms with van der Waals surface area (Å²) in [4.78, 5) is 12.2.